The second-order valence-corrected chi connectivity index (χ2v) is 5.75. The van der Waals surface area contributed by atoms with E-state index in [0.29, 0.717) is 5.71 Å². The molecule has 0 aliphatic rings. The van der Waals surface area contributed by atoms with Crippen molar-refractivity contribution in [3.63, 3.8) is 0 Å². The highest BCUT2D eigenvalue weighted by molar-refractivity contribution is 14.1. The topological polar surface area (TPSA) is 44.1 Å². The van der Waals surface area contributed by atoms with Gasteiger partial charge in [-0.25, -0.2) is 20.3 Å². The molecule has 0 aromatic carbocycles. The minimum Gasteiger partial charge on any atom is -0.388 e. The molecule has 2 nitrogen and oxygen atoms in total. The summed E-state index contributed by atoms with van der Waals surface area (Å²) in [5.41, 5.74) is 0.492. The van der Waals surface area contributed by atoms with Gasteiger partial charge in [-0.15, -0.1) is 0 Å². The van der Waals surface area contributed by atoms with Gasteiger partial charge in [-0.3, -0.25) is 0 Å². The van der Waals surface area contributed by atoms with Crippen molar-refractivity contribution in [2.24, 2.45) is 0 Å². The summed E-state index contributed by atoms with van der Waals surface area (Å²) in [6.45, 7) is 1.64. The summed E-state index contributed by atoms with van der Waals surface area (Å²) >= 11 is 2.23. The van der Waals surface area contributed by atoms with Crippen LogP contribution in [0.15, 0.2) is 0 Å². The summed E-state index contributed by atoms with van der Waals surface area (Å²) in [4.78, 5) is 0. The molecule has 0 saturated carbocycles. The molecule has 0 saturated heterocycles. The molecule has 1 atom stereocenters. The van der Waals surface area contributed by atoms with Crippen LogP contribution in [0.5, 0.6) is 0 Å². The van der Waals surface area contributed by atoms with Crippen molar-refractivity contribution in [3.05, 3.63) is 0 Å². The Labute approximate surface area is 66.6 Å². The van der Waals surface area contributed by atoms with Crippen LogP contribution >= 0.6 is 20.3 Å². The van der Waals surface area contributed by atoms with E-state index in [1.165, 1.54) is 0 Å². The first-order valence-corrected chi connectivity index (χ1v) is 8.61. The van der Waals surface area contributed by atoms with Crippen molar-refractivity contribution >= 4 is 37.9 Å². The monoisotopic (exact) mass is 241 g/mol. The van der Waals surface area contributed by atoms with Crippen LogP contribution in [0.25, 0.3) is 0 Å². The predicted molar refractivity (Wildman–Crippen MR) is 45.4 cm³/mol. The van der Waals surface area contributed by atoms with Gasteiger partial charge >= 0.3 is 11.9 Å². The van der Waals surface area contributed by atoms with E-state index in [1.807, 2.05) is 0 Å². The minimum absolute atomic E-state index is 0.0908. The number of halogens is 1. The van der Waals surface area contributed by atoms with E-state index in [4.69, 9.17) is 10.5 Å². The average Bonchev–Trinajstić information content (AvgIpc) is 1.67. The predicted octanol–water partition coefficient (Wildman–Crippen LogP) is 0.592. The molecular formula is C4H9AlINO. The van der Waals surface area contributed by atoms with Crippen molar-refractivity contribution in [1.29, 1.82) is 5.41 Å². The number of aliphatic hydroxyl groups is 1. The van der Waals surface area contributed by atoms with E-state index in [9.17, 15) is 0 Å². The molecule has 1 unspecified atom stereocenters. The van der Waals surface area contributed by atoms with Gasteiger partial charge in [-0.05, 0) is 12.2 Å². The molecule has 0 aliphatic carbocycles. The van der Waals surface area contributed by atoms with Gasteiger partial charge in [0.15, 0.2) is 0 Å². The number of nitrogens with one attached hydrogen (secondary N) is 1. The summed E-state index contributed by atoms with van der Waals surface area (Å²) < 4.78 is 0. The average molecular weight is 241 g/mol. The van der Waals surface area contributed by atoms with Crippen LogP contribution in [-0.2, 0) is 0 Å². The standard InChI is InChI=1S/C4H8NO.Al.HI.H/c1-3(5)4(2)6;;;/h4-6H,1H2,2H3;;1H;/q;+1;;/p-1. The maximum atomic E-state index is 8.75. The van der Waals surface area contributed by atoms with E-state index in [-0.39, 0.29) is 11.9 Å². The third-order valence-electron chi connectivity index (χ3n) is 0.868. The van der Waals surface area contributed by atoms with Crippen LogP contribution in [0.2, 0.25) is 5.28 Å². The largest absolute Gasteiger partial charge is 0.388 e. The highest BCUT2D eigenvalue weighted by Gasteiger charge is 2.02. The van der Waals surface area contributed by atoms with Crippen molar-refractivity contribution in [3.8, 4) is 0 Å². The fourth-order valence-corrected chi connectivity index (χ4v) is 2.68. The van der Waals surface area contributed by atoms with Gasteiger partial charge in [0, 0.05) is 5.71 Å². The molecular weight excluding hydrogens is 232 g/mol. The molecule has 0 aromatic heterocycles. The second-order valence-electron chi connectivity index (χ2n) is 1.64. The minimum atomic E-state index is -0.516. The molecule has 46 valence electrons. The smallest absolute Gasteiger partial charge is 0.342 e. The van der Waals surface area contributed by atoms with Crippen molar-refractivity contribution in [2.45, 2.75) is 18.3 Å². The molecule has 0 fully saturated rings. The summed E-state index contributed by atoms with van der Waals surface area (Å²) in [5, 5.41) is 16.7. The van der Waals surface area contributed by atoms with Crippen LogP contribution in [0.3, 0.4) is 0 Å². The number of aliphatic hydroxyl groups excluding tert-OH is 1. The SMILES string of the molecule is CC(O)C(=N)[CH2][AlH][I]. The fraction of sp³-hybridized carbons (Fsp3) is 0.750. The Morgan fingerprint density at radius 1 is 2.00 bits per heavy atom. The highest BCUT2D eigenvalue weighted by atomic mass is 127. The molecule has 8 heavy (non-hydrogen) atoms. The molecule has 0 aromatic rings. The van der Waals surface area contributed by atoms with Crippen LogP contribution in [0, 0.1) is 5.41 Å². The van der Waals surface area contributed by atoms with E-state index in [1.54, 1.807) is 6.92 Å². The molecule has 0 heterocycles. The highest BCUT2D eigenvalue weighted by Crippen LogP contribution is 1.93. The van der Waals surface area contributed by atoms with Gasteiger partial charge in [0.1, 0.15) is 0 Å². The lowest BCUT2D eigenvalue weighted by molar-refractivity contribution is 0.260. The van der Waals surface area contributed by atoms with Gasteiger partial charge in [0.2, 0.25) is 0 Å². The van der Waals surface area contributed by atoms with Gasteiger partial charge in [0.25, 0.3) is 0 Å². The summed E-state index contributed by atoms with van der Waals surface area (Å²) in [5.74, 6) is 0. The Kier molecular flexibility index (Phi) is 5.27. The first kappa shape index (κ1) is 8.89. The summed E-state index contributed by atoms with van der Waals surface area (Å²) in [6, 6.07) is 0. The molecule has 0 aliphatic heterocycles. The van der Waals surface area contributed by atoms with Crippen molar-refractivity contribution < 1.29 is 5.11 Å². The summed E-state index contributed by atoms with van der Waals surface area (Å²) in [7, 11) is 0. The lowest BCUT2D eigenvalue weighted by Crippen LogP contribution is -2.14. The van der Waals surface area contributed by atoms with Crippen LogP contribution < -0.4 is 0 Å². The molecule has 0 amide bonds. The molecule has 4 heteroatoms. The number of rotatable bonds is 3. The molecule has 0 radical (unpaired) electrons. The van der Waals surface area contributed by atoms with Crippen molar-refractivity contribution in [2.75, 3.05) is 0 Å². The van der Waals surface area contributed by atoms with Gasteiger partial charge in [-0.1, -0.05) is 0 Å². The zero-order valence-corrected chi connectivity index (χ0v) is 8.39. The number of hydrogen-bond donors (Lipinski definition) is 2. The Morgan fingerprint density at radius 3 is 2.62 bits per heavy atom. The Balaban J connectivity index is 3.33. The quantitative estimate of drug-likeness (QED) is 0.424. The van der Waals surface area contributed by atoms with E-state index < -0.39 is 6.10 Å². The van der Waals surface area contributed by atoms with Crippen LogP contribution in [0.4, 0.5) is 0 Å². The summed E-state index contributed by atoms with van der Waals surface area (Å²) in [6.07, 6.45) is -0.516. The third-order valence-corrected chi connectivity index (χ3v) is 3.21. The van der Waals surface area contributed by atoms with E-state index in [2.05, 4.69) is 20.3 Å². The zero-order valence-electron chi connectivity index (χ0n) is 4.82. The Morgan fingerprint density at radius 2 is 2.50 bits per heavy atom. The molecule has 0 bridgehead atoms. The lowest BCUT2D eigenvalue weighted by Gasteiger charge is -2.01. The van der Waals surface area contributed by atoms with E-state index in [0.717, 1.165) is 5.28 Å². The Bertz CT molecular complexity index is 86.1. The maximum Gasteiger partial charge on any atom is 0.342 e. The first-order chi connectivity index (χ1) is 3.68. The maximum absolute atomic E-state index is 8.75. The van der Waals surface area contributed by atoms with Crippen molar-refractivity contribution in [1.82, 2.24) is 0 Å². The third kappa shape index (κ3) is 3.84. The van der Waals surface area contributed by atoms with Gasteiger partial charge < -0.3 is 10.5 Å². The molecule has 2 N–H and O–H groups in total. The second kappa shape index (κ2) is 4.74. The van der Waals surface area contributed by atoms with Gasteiger partial charge in [-0.2, -0.15) is 0 Å². The molecule has 0 spiro atoms. The first-order valence-electron chi connectivity index (χ1n) is 2.50. The number of hydrogen-bond acceptors (Lipinski definition) is 2. The van der Waals surface area contributed by atoms with Crippen LogP contribution in [0.1, 0.15) is 6.92 Å². The van der Waals surface area contributed by atoms with Gasteiger partial charge in [0.05, 0.1) is 6.10 Å². The van der Waals surface area contributed by atoms with E-state index >= 15 is 0 Å². The Hall–Kier alpha value is 0.892. The normalized spacial score (nSPS) is 12.9. The van der Waals surface area contributed by atoms with Crippen LogP contribution in [-0.4, -0.2) is 28.9 Å². The fourth-order valence-electron chi connectivity index (χ4n) is 0.311. The molecule has 0 rings (SSSR count). The zero-order chi connectivity index (χ0) is 6.57. The lowest BCUT2D eigenvalue weighted by atomic mass is 10.3.